The third-order valence-corrected chi connectivity index (χ3v) is 3.42. The molecule has 0 aliphatic heterocycles. The van der Waals surface area contributed by atoms with E-state index in [9.17, 15) is 4.79 Å². The minimum Gasteiger partial charge on any atom is -0.497 e. The fourth-order valence-electron chi connectivity index (χ4n) is 2.32. The molecular formula is C18H16N4O2. The van der Waals surface area contributed by atoms with Crippen LogP contribution < -0.4 is 15.8 Å². The number of carbonyl (C=O) groups excluding carboxylic acids is 1. The number of methoxy groups -OCH3 is 1. The van der Waals surface area contributed by atoms with Gasteiger partial charge in [-0.05, 0) is 12.1 Å². The van der Waals surface area contributed by atoms with Crippen LogP contribution in [0.5, 0.6) is 5.75 Å². The fraction of sp³-hybridized carbons (Fsp3) is 0.0556. The molecule has 24 heavy (non-hydrogen) atoms. The second-order valence-electron chi connectivity index (χ2n) is 5.04. The van der Waals surface area contributed by atoms with Gasteiger partial charge in [0.1, 0.15) is 5.75 Å². The van der Waals surface area contributed by atoms with E-state index in [2.05, 4.69) is 15.3 Å². The number of rotatable bonds is 4. The van der Waals surface area contributed by atoms with E-state index < -0.39 is 6.03 Å². The number of benzene rings is 2. The highest BCUT2D eigenvalue weighted by atomic mass is 16.5. The van der Waals surface area contributed by atoms with Gasteiger partial charge >= 0.3 is 6.03 Å². The second kappa shape index (κ2) is 6.78. The molecule has 3 aromatic rings. The molecule has 3 N–H and O–H groups in total. The van der Waals surface area contributed by atoms with E-state index in [1.54, 1.807) is 13.3 Å². The maximum atomic E-state index is 11.3. The van der Waals surface area contributed by atoms with E-state index >= 15 is 0 Å². The summed E-state index contributed by atoms with van der Waals surface area (Å²) < 4.78 is 5.26. The molecule has 0 saturated heterocycles. The van der Waals surface area contributed by atoms with Gasteiger partial charge in [-0.25, -0.2) is 14.8 Å². The summed E-state index contributed by atoms with van der Waals surface area (Å²) in [6.07, 6.45) is 1.55. The second-order valence-corrected chi connectivity index (χ2v) is 5.04. The van der Waals surface area contributed by atoms with Gasteiger partial charge in [0.05, 0.1) is 24.7 Å². The van der Waals surface area contributed by atoms with Crippen molar-refractivity contribution in [3.63, 3.8) is 0 Å². The van der Waals surface area contributed by atoms with Crippen molar-refractivity contribution >= 4 is 11.7 Å². The minimum absolute atomic E-state index is 0.440. The Morgan fingerprint density at radius 3 is 2.54 bits per heavy atom. The van der Waals surface area contributed by atoms with Gasteiger partial charge in [-0.3, -0.25) is 0 Å². The van der Waals surface area contributed by atoms with Gasteiger partial charge in [0.2, 0.25) is 0 Å². The van der Waals surface area contributed by atoms with E-state index in [0.29, 0.717) is 23.0 Å². The Morgan fingerprint density at radius 2 is 1.83 bits per heavy atom. The Balaban J connectivity index is 2.13. The van der Waals surface area contributed by atoms with Crippen molar-refractivity contribution in [2.75, 3.05) is 12.4 Å². The average Bonchev–Trinajstić information content (AvgIpc) is 2.62. The van der Waals surface area contributed by atoms with Crippen molar-refractivity contribution in [1.82, 2.24) is 9.97 Å². The number of urea groups is 1. The van der Waals surface area contributed by atoms with Gasteiger partial charge in [0.25, 0.3) is 0 Å². The van der Waals surface area contributed by atoms with Gasteiger partial charge in [-0.15, -0.1) is 0 Å². The minimum atomic E-state index is -0.671. The molecule has 2 aromatic carbocycles. The zero-order valence-electron chi connectivity index (χ0n) is 13.1. The normalized spacial score (nSPS) is 10.2. The smallest absolute Gasteiger partial charge is 0.316 e. The first kappa shape index (κ1) is 15.5. The zero-order chi connectivity index (χ0) is 16.9. The quantitative estimate of drug-likeness (QED) is 0.771. The number of hydrogen-bond acceptors (Lipinski definition) is 4. The summed E-state index contributed by atoms with van der Waals surface area (Å²) in [6, 6.07) is 16.3. The molecule has 6 nitrogen and oxygen atoms in total. The number of carbonyl (C=O) groups is 1. The Hall–Kier alpha value is -3.41. The molecule has 6 heteroatoms. The molecule has 0 aliphatic carbocycles. The van der Waals surface area contributed by atoms with E-state index in [0.717, 1.165) is 11.1 Å². The monoisotopic (exact) mass is 320 g/mol. The van der Waals surface area contributed by atoms with Gasteiger partial charge in [0, 0.05) is 11.1 Å². The lowest BCUT2D eigenvalue weighted by Gasteiger charge is -2.11. The molecule has 2 amide bonds. The van der Waals surface area contributed by atoms with Crippen LogP contribution in [0.15, 0.2) is 60.8 Å². The molecule has 0 radical (unpaired) electrons. The van der Waals surface area contributed by atoms with Crippen molar-refractivity contribution in [2.24, 2.45) is 5.73 Å². The SMILES string of the molecule is COc1cccc(-c2nc(-c3ccccc3)ncc2NC(N)=O)c1. The molecule has 1 heterocycles. The largest absolute Gasteiger partial charge is 0.497 e. The number of nitrogens with one attached hydrogen (secondary N) is 1. The molecule has 0 fully saturated rings. The predicted octanol–water partition coefficient (Wildman–Crippen LogP) is 3.31. The highest BCUT2D eigenvalue weighted by Crippen LogP contribution is 2.30. The molecule has 0 unspecified atom stereocenters. The lowest BCUT2D eigenvalue weighted by atomic mass is 10.1. The van der Waals surface area contributed by atoms with Crippen LogP contribution >= 0.6 is 0 Å². The van der Waals surface area contributed by atoms with Crippen LogP contribution in [0, 0.1) is 0 Å². The number of aromatic nitrogens is 2. The highest BCUT2D eigenvalue weighted by Gasteiger charge is 2.13. The Labute approximate surface area is 139 Å². The van der Waals surface area contributed by atoms with Crippen molar-refractivity contribution in [1.29, 1.82) is 0 Å². The zero-order valence-corrected chi connectivity index (χ0v) is 13.1. The number of nitrogens with two attached hydrogens (primary N) is 1. The lowest BCUT2D eigenvalue weighted by molar-refractivity contribution is 0.259. The van der Waals surface area contributed by atoms with Crippen LogP contribution in [0.1, 0.15) is 0 Å². The number of hydrogen-bond donors (Lipinski definition) is 2. The van der Waals surface area contributed by atoms with Gasteiger partial charge < -0.3 is 15.8 Å². The topological polar surface area (TPSA) is 90.1 Å². The van der Waals surface area contributed by atoms with Gasteiger partial charge in [0.15, 0.2) is 5.82 Å². The van der Waals surface area contributed by atoms with E-state index in [1.807, 2.05) is 54.6 Å². The van der Waals surface area contributed by atoms with Gasteiger partial charge in [-0.2, -0.15) is 0 Å². The van der Waals surface area contributed by atoms with Crippen molar-refractivity contribution < 1.29 is 9.53 Å². The maximum Gasteiger partial charge on any atom is 0.316 e. The Bertz CT molecular complexity index is 866. The predicted molar refractivity (Wildman–Crippen MR) is 92.7 cm³/mol. The molecular weight excluding hydrogens is 304 g/mol. The molecule has 0 saturated carbocycles. The molecule has 0 spiro atoms. The first-order chi connectivity index (χ1) is 11.7. The number of amides is 2. The summed E-state index contributed by atoms with van der Waals surface area (Å²) in [5, 5.41) is 2.56. The Morgan fingerprint density at radius 1 is 1.08 bits per heavy atom. The van der Waals surface area contributed by atoms with Crippen LogP contribution in [-0.4, -0.2) is 23.1 Å². The number of primary amides is 1. The molecule has 0 bridgehead atoms. The summed E-state index contributed by atoms with van der Waals surface area (Å²) in [5.74, 6) is 1.25. The first-order valence-corrected chi connectivity index (χ1v) is 7.30. The van der Waals surface area contributed by atoms with Crippen LogP contribution in [0.25, 0.3) is 22.6 Å². The third kappa shape index (κ3) is 3.33. The lowest BCUT2D eigenvalue weighted by Crippen LogP contribution is -2.20. The van der Waals surface area contributed by atoms with Crippen LogP contribution in [-0.2, 0) is 0 Å². The number of ether oxygens (including phenoxy) is 1. The average molecular weight is 320 g/mol. The highest BCUT2D eigenvalue weighted by molar-refractivity contribution is 5.92. The van der Waals surface area contributed by atoms with Crippen LogP contribution in [0.2, 0.25) is 0 Å². The van der Waals surface area contributed by atoms with E-state index in [4.69, 9.17) is 10.5 Å². The summed E-state index contributed by atoms with van der Waals surface area (Å²) in [5.41, 5.74) is 7.93. The summed E-state index contributed by atoms with van der Waals surface area (Å²) >= 11 is 0. The summed E-state index contributed by atoms with van der Waals surface area (Å²) in [6.45, 7) is 0. The number of nitrogens with zero attached hydrogens (tertiary/aromatic N) is 2. The molecule has 0 atom stereocenters. The summed E-state index contributed by atoms with van der Waals surface area (Å²) in [7, 11) is 1.59. The maximum absolute atomic E-state index is 11.3. The molecule has 1 aromatic heterocycles. The number of anilines is 1. The standard InChI is InChI=1S/C18H16N4O2/c1-24-14-9-5-8-13(10-14)16-15(21-18(19)23)11-20-17(22-16)12-6-3-2-4-7-12/h2-11H,1H3,(H3,19,21,23). The van der Waals surface area contributed by atoms with E-state index in [1.165, 1.54) is 0 Å². The van der Waals surface area contributed by atoms with Crippen LogP contribution in [0.3, 0.4) is 0 Å². The van der Waals surface area contributed by atoms with Crippen molar-refractivity contribution in [3.05, 3.63) is 60.8 Å². The molecule has 3 rings (SSSR count). The molecule has 120 valence electrons. The van der Waals surface area contributed by atoms with Crippen molar-refractivity contribution in [2.45, 2.75) is 0 Å². The van der Waals surface area contributed by atoms with Gasteiger partial charge in [-0.1, -0.05) is 42.5 Å². The fourth-order valence-corrected chi connectivity index (χ4v) is 2.32. The Kier molecular flexibility index (Phi) is 4.38. The summed E-state index contributed by atoms with van der Waals surface area (Å²) in [4.78, 5) is 20.2. The van der Waals surface area contributed by atoms with Crippen LogP contribution in [0.4, 0.5) is 10.5 Å². The van der Waals surface area contributed by atoms with Crippen molar-refractivity contribution in [3.8, 4) is 28.4 Å². The van der Waals surface area contributed by atoms with E-state index in [-0.39, 0.29) is 0 Å². The first-order valence-electron chi connectivity index (χ1n) is 7.30. The third-order valence-electron chi connectivity index (χ3n) is 3.42. The molecule has 0 aliphatic rings.